The number of rotatable bonds is 6. The Morgan fingerprint density at radius 2 is 2.29 bits per heavy atom. The first-order chi connectivity index (χ1) is 8.22. The number of nitriles is 1. The molecule has 0 aromatic carbocycles. The van der Waals surface area contributed by atoms with Gasteiger partial charge in [0.05, 0.1) is 18.5 Å². The van der Waals surface area contributed by atoms with E-state index < -0.39 is 0 Å². The number of aromatic nitrogens is 1. The molecule has 0 bridgehead atoms. The van der Waals surface area contributed by atoms with Crippen LogP contribution in [0.5, 0.6) is 0 Å². The second-order valence-electron chi connectivity index (χ2n) is 3.96. The fraction of sp³-hybridized carbons (Fsp3) is 0.538. The SMILES string of the molecule is CCC(C)N(CCOC)c1ccc(C#N)nc1. The first-order valence-corrected chi connectivity index (χ1v) is 5.84. The van der Waals surface area contributed by atoms with Gasteiger partial charge in [0, 0.05) is 19.7 Å². The highest BCUT2D eigenvalue weighted by Gasteiger charge is 2.12. The fourth-order valence-electron chi connectivity index (χ4n) is 1.64. The van der Waals surface area contributed by atoms with Gasteiger partial charge in [-0.3, -0.25) is 0 Å². The molecule has 0 aliphatic heterocycles. The van der Waals surface area contributed by atoms with E-state index in [4.69, 9.17) is 10.00 Å². The molecule has 4 heteroatoms. The molecule has 0 aliphatic carbocycles. The Hall–Kier alpha value is -1.60. The molecule has 1 unspecified atom stereocenters. The van der Waals surface area contributed by atoms with Gasteiger partial charge in [0.25, 0.3) is 0 Å². The lowest BCUT2D eigenvalue weighted by Crippen LogP contribution is -2.35. The monoisotopic (exact) mass is 233 g/mol. The third-order valence-corrected chi connectivity index (χ3v) is 2.85. The average molecular weight is 233 g/mol. The van der Waals surface area contributed by atoms with Crippen LogP contribution in [0.2, 0.25) is 0 Å². The van der Waals surface area contributed by atoms with Gasteiger partial charge in [-0.15, -0.1) is 0 Å². The van der Waals surface area contributed by atoms with Crippen molar-refractivity contribution in [3.63, 3.8) is 0 Å². The first-order valence-electron chi connectivity index (χ1n) is 5.84. The lowest BCUT2D eigenvalue weighted by atomic mass is 10.2. The van der Waals surface area contributed by atoms with Crippen LogP contribution < -0.4 is 4.90 Å². The zero-order chi connectivity index (χ0) is 12.7. The molecule has 1 aromatic rings. The van der Waals surface area contributed by atoms with E-state index in [-0.39, 0.29) is 0 Å². The minimum absolute atomic E-state index is 0.430. The van der Waals surface area contributed by atoms with Gasteiger partial charge in [-0.25, -0.2) is 4.98 Å². The summed E-state index contributed by atoms with van der Waals surface area (Å²) < 4.78 is 5.12. The lowest BCUT2D eigenvalue weighted by Gasteiger charge is -2.30. The maximum Gasteiger partial charge on any atom is 0.140 e. The molecule has 1 aromatic heterocycles. The van der Waals surface area contributed by atoms with Gasteiger partial charge < -0.3 is 9.64 Å². The Morgan fingerprint density at radius 3 is 2.76 bits per heavy atom. The third-order valence-electron chi connectivity index (χ3n) is 2.85. The van der Waals surface area contributed by atoms with E-state index in [0.29, 0.717) is 18.3 Å². The number of anilines is 1. The van der Waals surface area contributed by atoms with Gasteiger partial charge in [0.2, 0.25) is 0 Å². The van der Waals surface area contributed by atoms with E-state index >= 15 is 0 Å². The summed E-state index contributed by atoms with van der Waals surface area (Å²) >= 11 is 0. The summed E-state index contributed by atoms with van der Waals surface area (Å²) in [6.45, 7) is 5.85. The lowest BCUT2D eigenvalue weighted by molar-refractivity contribution is 0.203. The van der Waals surface area contributed by atoms with Crippen LogP contribution in [0.15, 0.2) is 18.3 Å². The van der Waals surface area contributed by atoms with Crippen molar-refractivity contribution in [1.82, 2.24) is 4.98 Å². The standard InChI is InChI=1S/C13H19N3O/c1-4-11(2)16(7-8-17-3)13-6-5-12(9-14)15-10-13/h5-6,10-11H,4,7-8H2,1-3H3. The van der Waals surface area contributed by atoms with Gasteiger partial charge in [0.1, 0.15) is 11.8 Å². The first kappa shape index (κ1) is 13.5. The molecule has 17 heavy (non-hydrogen) atoms. The second-order valence-corrected chi connectivity index (χ2v) is 3.96. The maximum absolute atomic E-state index is 8.72. The Kier molecular flexibility index (Phi) is 5.44. The highest BCUT2D eigenvalue weighted by atomic mass is 16.5. The van der Waals surface area contributed by atoms with Gasteiger partial charge in [-0.05, 0) is 25.5 Å². The molecule has 0 fully saturated rings. The topological polar surface area (TPSA) is 49.1 Å². The quantitative estimate of drug-likeness (QED) is 0.755. The normalized spacial score (nSPS) is 11.9. The van der Waals surface area contributed by atoms with Crippen LogP contribution in [0.25, 0.3) is 0 Å². The summed E-state index contributed by atoms with van der Waals surface area (Å²) in [5.74, 6) is 0. The van der Waals surface area contributed by atoms with Crippen molar-refractivity contribution >= 4 is 5.69 Å². The van der Waals surface area contributed by atoms with Crippen LogP contribution in [0.3, 0.4) is 0 Å². The van der Waals surface area contributed by atoms with Crippen molar-refractivity contribution in [2.75, 3.05) is 25.2 Å². The second kappa shape index (κ2) is 6.87. The fourth-order valence-corrected chi connectivity index (χ4v) is 1.64. The third kappa shape index (κ3) is 3.72. The van der Waals surface area contributed by atoms with Crippen LogP contribution in [-0.2, 0) is 4.74 Å². The number of hydrogen-bond acceptors (Lipinski definition) is 4. The van der Waals surface area contributed by atoms with Gasteiger partial charge in [0.15, 0.2) is 0 Å². The summed E-state index contributed by atoms with van der Waals surface area (Å²) in [7, 11) is 1.70. The van der Waals surface area contributed by atoms with Crippen LogP contribution in [-0.4, -0.2) is 31.3 Å². The van der Waals surface area contributed by atoms with Crippen molar-refractivity contribution in [1.29, 1.82) is 5.26 Å². The molecular formula is C13H19N3O. The summed E-state index contributed by atoms with van der Waals surface area (Å²) in [6, 6.07) is 6.14. The summed E-state index contributed by atoms with van der Waals surface area (Å²) in [5, 5.41) is 8.72. The molecule has 4 nitrogen and oxygen atoms in total. The van der Waals surface area contributed by atoms with Crippen LogP contribution in [0.1, 0.15) is 26.0 Å². The molecule has 0 amide bonds. The minimum atomic E-state index is 0.430. The van der Waals surface area contributed by atoms with Crippen LogP contribution in [0, 0.1) is 11.3 Å². The highest BCUT2D eigenvalue weighted by Crippen LogP contribution is 2.17. The number of nitrogens with zero attached hydrogens (tertiary/aromatic N) is 3. The predicted octanol–water partition coefficient (Wildman–Crippen LogP) is 2.20. The molecule has 0 saturated carbocycles. The van der Waals surface area contributed by atoms with Crippen molar-refractivity contribution in [3.05, 3.63) is 24.0 Å². The van der Waals surface area contributed by atoms with Gasteiger partial charge >= 0.3 is 0 Å². The maximum atomic E-state index is 8.72. The molecule has 1 atom stereocenters. The zero-order valence-corrected chi connectivity index (χ0v) is 10.7. The molecule has 1 rings (SSSR count). The zero-order valence-electron chi connectivity index (χ0n) is 10.7. The summed E-state index contributed by atoms with van der Waals surface area (Å²) in [6.07, 6.45) is 2.81. The van der Waals surface area contributed by atoms with Gasteiger partial charge in [-0.2, -0.15) is 5.26 Å². The Bertz CT molecular complexity index is 369. The highest BCUT2D eigenvalue weighted by molar-refractivity contribution is 5.46. The van der Waals surface area contributed by atoms with Crippen molar-refractivity contribution in [2.24, 2.45) is 0 Å². The largest absolute Gasteiger partial charge is 0.383 e. The number of methoxy groups -OCH3 is 1. The molecule has 92 valence electrons. The molecule has 0 N–H and O–H groups in total. The number of ether oxygens (including phenoxy) is 1. The van der Waals surface area contributed by atoms with Gasteiger partial charge in [-0.1, -0.05) is 6.92 Å². The molecular weight excluding hydrogens is 214 g/mol. The van der Waals surface area contributed by atoms with Crippen molar-refractivity contribution in [2.45, 2.75) is 26.3 Å². The molecule has 0 aliphatic rings. The smallest absolute Gasteiger partial charge is 0.140 e. The average Bonchev–Trinajstić information content (AvgIpc) is 2.39. The minimum Gasteiger partial charge on any atom is -0.383 e. The van der Waals surface area contributed by atoms with E-state index in [2.05, 4.69) is 23.7 Å². The molecule has 0 saturated heterocycles. The Morgan fingerprint density at radius 1 is 1.53 bits per heavy atom. The summed E-state index contributed by atoms with van der Waals surface area (Å²) in [4.78, 5) is 6.35. The molecule has 1 heterocycles. The Balaban J connectivity index is 2.84. The Labute approximate surface area is 103 Å². The van der Waals surface area contributed by atoms with Crippen molar-refractivity contribution < 1.29 is 4.74 Å². The number of pyridine rings is 1. The van der Waals surface area contributed by atoms with Crippen LogP contribution in [0.4, 0.5) is 5.69 Å². The van der Waals surface area contributed by atoms with E-state index in [0.717, 1.165) is 18.7 Å². The summed E-state index contributed by atoms with van der Waals surface area (Å²) in [5.41, 5.74) is 1.49. The van der Waals surface area contributed by atoms with Crippen molar-refractivity contribution in [3.8, 4) is 6.07 Å². The van der Waals surface area contributed by atoms with E-state index in [1.165, 1.54) is 0 Å². The van der Waals surface area contributed by atoms with Crippen LogP contribution >= 0.6 is 0 Å². The number of hydrogen-bond donors (Lipinski definition) is 0. The van der Waals surface area contributed by atoms with E-state index in [1.807, 2.05) is 12.1 Å². The van der Waals surface area contributed by atoms with E-state index in [9.17, 15) is 0 Å². The predicted molar refractivity (Wildman–Crippen MR) is 67.9 cm³/mol. The van der Waals surface area contributed by atoms with E-state index in [1.54, 1.807) is 19.4 Å². The molecule has 0 radical (unpaired) electrons. The molecule has 0 spiro atoms.